The van der Waals surface area contributed by atoms with Gasteiger partial charge in [-0.1, -0.05) is 29.8 Å². The van der Waals surface area contributed by atoms with Gasteiger partial charge in [0.1, 0.15) is 5.25 Å². The Hall–Kier alpha value is -1.03. The molecule has 1 aliphatic rings. The van der Waals surface area contributed by atoms with Crippen molar-refractivity contribution in [2.75, 3.05) is 39.6 Å². The van der Waals surface area contributed by atoms with E-state index in [0.717, 1.165) is 31.4 Å². The Morgan fingerprint density at radius 1 is 1.12 bits per heavy atom. The van der Waals surface area contributed by atoms with E-state index >= 15 is 0 Å². The average Bonchev–Trinajstić information content (AvgIpc) is 2.61. The van der Waals surface area contributed by atoms with E-state index in [1.165, 1.54) is 0 Å². The van der Waals surface area contributed by atoms with Crippen LogP contribution < -0.4 is 0 Å². The van der Waals surface area contributed by atoms with Gasteiger partial charge < -0.3 is 18.9 Å². The number of ether oxygens (including phenoxy) is 4. The molecule has 1 aliphatic heterocycles. The van der Waals surface area contributed by atoms with Crippen LogP contribution in [0.5, 0.6) is 0 Å². The van der Waals surface area contributed by atoms with Crippen LogP contribution in [0.1, 0.15) is 35.6 Å². The molecule has 1 heterocycles. The molecule has 148 valence electrons. The average molecular weight is 388 g/mol. The van der Waals surface area contributed by atoms with Gasteiger partial charge in [-0.2, -0.15) is 8.42 Å². The van der Waals surface area contributed by atoms with E-state index < -0.39 is 15.4 Å². The molecule has 2 rings (SSSR count). The van der Waals surface area contributed by atoms with Crippen LogP contribution in [0.25, 0.3) is 0 Å². The first-order valence-electron chi connectivity index (χ1n) is 8.88. The molecule has 2 atom stereocenters. The lowest BCUT2D eigenvalue weighted by molar-refractivity contribution is -0.169. The van der Waals surface area contributed by atoms with Gasteiger partial charge in [-0.15, -0.1) is 0 Å². The molecule has 1 saturated heterocycles. The van der Waals surface area contributed by atoms with Crippen molar-refractivity contribution in [1.82, 2.24) is 0 Å². The van der Waals surface area contributed by atoms with E-state index in [2.05, 4.69) is 0 Å². The Kier molecular flexibility index (Phi) is 8.97. The predicted molar refractivity (Wildman–Crippen MR) is 96.6 cm³/mol. The van der Waals surface area contributed by atoms with Gasteiger partial charge >= 0.3 is 0 Å². The molecule has 7 nitrogen and oxygen atoms in total. The summed E-state index contributed by atoms with van der Waals surface area (Å²) in [5.74, 6) is 0. The number of benzene rings is 1. The monoisotopic (exact) mass is 388 g/mol. The molecule has 2 unspecified atom stereocenters. The van der Waals surface area contributed by atoms with Gasteiger partial charge in [-0.3, -0.25) is 4.55 Å². The first-order valence-corrected chi connectivity index (χ1v) is 10.4. The van der Waals surface area contributed by atoms with Crippen LogP contribution in [0.4, 0.5) is 0 Å². The minimum Gasteiger partial charge on any atom is -0.377 e. The van der Waals surface area contributed by atoms with Crippen LogP contribution in [-0.4, -0.2) is 58.9 Å². The van der Waals surface area contributed by atoms with Crippen molar-refractivity contribution in [3.05, 3.63) is 35.4 Å². The van der Waals surface area contributed by atoms with Gasteiger partial charge in [0, 0.05) is 6.61 Å². The van der Waals surface area contributed by atoms with E-state index in [1.807, 2.05) is 6.92 Å². The third-order valence-electron chi connectivity index (χ3n) is 4.12. The highest BCUT2D eigenvalue weighted by atomic mass is 32.2. The van der Waals surface area contributed by atoms with Crippen molar-refractivity contribution in [2.24, 2.45) is 0 Å². The quantitative estimate of drug-likeness (QED) is 0.460. The van der Waals surface area contributed by atoms with Crippen molar-refractivity contribution in [3.63, 3.8) is 0 Å². The molecule has 0 aromatic heterocycles. The summed E-state index contributed by atoms with van der Waals surface area (Å²) < 4.78 is 54.4. The first kappa shape index (κ1) is 21.3. The standard InChI is InChI=1S/C18H28O7S/c1-15-5-7-16(8-6-15)17(26(19,20)21)14-23-11-10-22-12-13-25-18-4-2-3-9-24-18/h5-8,17-18H,2-4,9-14H2,1H3,(H,19,20,21). The van der Waals surface area contributed by atoms with Crippen molar-refractivity contribution in [3.8, 4) is 0 Å². The van der Waals surface area contributed by atoms with Crippen molar-refractivity contribution in [1.29, 1.82) is 0 Å². The molecule has 1 aromatic carbocycles. The second kappa shape index (κ2) is 11.0. The lowest BCUT2D eigenvalue weighted by atomic mass is 10.1. The molecule has 1 fully saturated rings. The van der Waals surface area contributed by atoms with Crippen LogP contribution in [0, 0.1) is 6.92 Å². The molecule has 26 heavy (non-hydrogen) atoms. The van der Waals surface area contributed by atoms with Crippen molar-refractivity contribution in [2.45, 2.75) is 37.7 Å². The number of aryl methyl sites for hydroxylation is 1. The smallest absolute Gasteiger partial charge is 0.274 e. The Morgan fingerprint density at radius 3 is 2.46 bits per heavy atom. The van der Waals surface area contributed by atoms with Crippen LogP contribution in [0.3, 0.4) is 0 Å². The Bertz CT molecular complexity index is 609. The van der Waals surface area contributed by atoms with Gasteiger partial charge in [0.15, 0.2) is 6.29 Å². The minimum absolute atomic E-state index is 0.127. The molecule has 0 radical (unpaired) electrons. The summed E-state index contributed by atoms with van der Waals surface area (Å²) in [6.45, 7) is 3.94. The van der Waals surface area contributed by atoms with Crippen molar-refractivity contribution < 1.29 is 31.9 Å². The number of hydrogen-bond acceptors (Lipinski definition) is 6. The lowest BCUT2D eigenvalue weighted by Crippen LogP contribution is -2.24. The second-order valence-corrected chi connectivity index (χ2v) is 7.87. The third-order valence-corrected chi connectivity index (χ3v) is 5.25. The summed E-state index contributed by atoms with van der Waals surface area (Å²) in [6.07, 6.45) is 2.99. The van der Waals surface area contributed by atoms with E-state index in [4.69, 9.17) is 18.9 Å². The normalized spacial score (nSPS) is 19.4. The van der Waals surface area contributed by atoms with Gasteiger partial charge in [-0.25, -0.2) is 0 Å². The summed E-state index contributed by atoms with van der Waals surface area (Å²) in [5.41, 5.74) is 1.51. The SMILES string of the molecule is Cc1ccc(C(COCCOCCOC2CCCCO2)S(=O)(=O)O)cc1. The molecule has 8 heteroatoms. The maximum Gasteiger partial charge on any atom is 0.274 e. The zero-order chi connectivity index (χ0) is 18.8. The fourth-order valence-corrected chi connectivity index (χ4v) is 3.40. The highest BCUT2D eigenvalue weighted by Crippen LogP contribution is 2.22. The summed E-state index contributed by atoms with van der Waals surface area (Å²) in [5, 5.41) is -1.10. The molecule has 0 spiro atoms. The molecular weight excluding hydrogens is 360 g/mol. The predicted octanol–water partition coefficient (Wildman–Crippen LogP) is 2.50. The minimum atomic E-state index is -4.24. The summed E-state index contributed by atoms with van der Waals surface area (Å²) in [6, 6.07) is 6.95. The van der Waals surface area contributed by atoms with Crippen LogP contribution in [-0.2, 0) is 29.1 Å². The topological polar surface area (TPSA) is 91.3 Å². The number of hydrogen-bond donors (Lipinski definition) is 1. The zero-order valence-electron chi connectivity index (χ0n) is 15.1. The second-order valence-electron chi connectivity index (χ2n) is 6.27. The highest BCUT2D eigenvalue weighted by molar-refractivity contribution is 7.86. The lowest BCUT2D eigenvalue weighted by Gasteiger charge is -2.22. The summed E-state index contributed by atoms with van der Waals surface area (Å²) in [7, 11) is -4.24. The maximum absolute atomic E-state index is 11.6. The molecule has 0 bridgehead atoms. The van der Waals surface area contributed by atoms with Crippen molar-refractivity contribution >= 4 is 10.1 Å². The van der Waals surface area contributed by atoms with Gasteiger partial charge in [0.2, 0.25) is 0 Å². The fraction of sp³-hybridized carbons (Fsp3) is 0.667. The number of rotatable bonds is 11. The summed E-state index contributed by atoms with van der Waals surface area (Å²) in [4.78, 5) is 0. The molecule has 0 amide bonds. The fourth-order valence-electron chi connectivity index (χ4n) is 2.63. The van der Waals surface area contributed by atoms with Gasteiger partial charge in [0.25, 0.3) is 10.1 Å². The van der Waals surface area contributed by atoms with Gasteiger partial charge in [0.05, 0.1) is 33.0 Å². The van der Waals surface area contributed by atoms with E-state index in [1.54, 1.807) is 24.3 Å². The molecule has 0 aliphatic carbocycles. The van der Waals surface area contributed by atoms with Crippen LogP contribution in [0.2, 0.25) is 0 Å². The van der Waals surface area contributed by atoms with Gasteiger partial charge in [-0.05, 0) is 31.7 Å². The van der Waals surface area contributed by atoms with E-state index in [0.29, 0.717) is 25.4 Å². The molecule has 0 saturated carbocycles. The van der Waals surface area contributed by atoms with E-state index in [-0.39, 0.29) is 19.5 Å². The van der Waals surface area contributed by atoms with E-state index in [9.17, 15) is 13.0 Å². The Labute approximate surface area is 155 Å². The summed E-state index contributed by atoms with van der Waals surface area (Å²) >= 11 is 0. The maximum atomic E-state index is 11.6. The largest absolute Gasteiger partial charge is 0.377 e. The van der Waals surface area contributed by atoms with Crippen LogP contribution >= 0.6 is 0 Å². The zero-order valence-corrected chi connectivity index (χ0v) is 15.9. The molecule has 1 aromatic rings. The molecule has 1 N–H and O–H groups in total. The molecular formula is C18H28O7S. The van der Waals surface area contributed by atoms with Crippen LogP contribution in [0.15, 0.2) is 24.3 Å². The highest BCUT2D eigenvalue weighted by Gasteiger charge is 2.25. The third kappa shape index (κ3) is 7.69. The first-order chi connectivity index (χ1) is 12.5. The Balaban J connectivity index is 1.61. The Morgan fingerprint density at radius 2 is 1.81 bits per heavy atom.